The van der Waals surface area contributed by atoms with Crippen molar-refractivity contribution in [2.24, 2.45) is 0 Å². The molecule has 92 valence electrons. The molecule has 1 aromatic heterocycles. The normalized spacial score (nSPS) is 28.2. The van der Waals surface area contributed by atoms with E-state index in [-0.39, 0.29) is 11.1 Å². The molecule has 0 saturated carbocycles. The van der Waals surface area contributed by atoms with Crippen molar-refractivity contribution in [3.63, 3.8) is 0 Å². The summed E-state index contributed by atoms with van der Waals surface area (Å²) in [7, 11) is 0. The van der Waals surface area contributed by atoms with Gasteiger partial charge in [0.2, 0.25) is 0 Å². The molecular formula is C12H15ClN2O2. The van der Waals surface area contributed by atoms with Crippen LogP contribution in [0, 0.1) is 0 Å². The highest BCUT2D eigenvalue weighted by Gasteiger charge is 2.32. The largest absolute Gasteiger partial charge is 0.440 e. The molecule has 2 aliphatic rings. The summed E-state index contributed by atoms with van der Waals surface area (Å²) in [5.74, 6) is 0.291. The smallest absolute Gasteiger partial charge is 0.289 e. The van der Waals surface area contributed by atoms with Gasteiger partial charge >= 0.3 is 0 Å². The van der Waals surface area contributed by atoms with Gasteiger partial charge in [0.1, 0.15) is 0 Å². The van der Waals surface area contributed by atoms with E-state index in [1.165, 1.54) is 6.42 Å². The van der Waals surface area contributed by atoms with E-state index in [1.807, 2.05) is 4.90 Å². The molecule has 0 spiro atoms. The standard InChI is InChI=1S/C12H15ClN2O2/c13-11-4-3-10(17-11)12(16)15-6-5-8-1-2-9(7-15)14-8/h3-4,8-9,14H,1-2,5-7H2. The van der Waals surface area contributed by atoms with Gasteiger partial charge in [0.25, 0.3) is 5.91 Å². The van der Waals surface area contributed by atoms with Gasteiger partial charge in [-0.05, 0) is 43.0 Å². The second kappa shape index (κ2) is 4.35. The summed E-state index contributed by atoms with van der Waals surface area (Å²) in [6.45, 7) is 1.57. The maximum absolute atomic E-state index is 12.2. The first-order valence-corrected chi connectivity index (χ1v) is 6.41. The number of hydrogen-bond acceptors (Lipinski definition) is 3. The van der Waals surface area contributed by atoms with Crippen molar-refractivity contribution >= 4 is 17.5 Å². The lowest BCUT2D eigenvalue weighted by Crippen LogP contribution is -2.38. The van der Waals surface area contributed by atoms with Crippen LogP contribution in [0.4, 0.5) is 0 Å². The molecule has 0 radical (unpaired) electrons. The number of carbonyl (C=O) groups is 1. The minimum Gasteiger partial charge on any atom is -0.440 e. The SMILES string of the molecule is O=C(c1ccc(Cl)o1)N1CCC2CCC(C1)N2. The molecule has 2 atom stereocenters. The number of rotatable bonds is 1. The molecule has 0 aromatic carbocycles. The molecule has 1 amide bonds. The third-order valence-corrected chi connectivity index (χ3v) is 3.80. The van der Waals surface area contributed by atoms with Crippen molar-refractivity contribution in [3.05, 3.63) is 23.1 Å². The first kappa shape index (κ1) is 11.1. The lowest BCUT2D eigenvalue weighted by molar-refractivity contribution is 0.0716. The Labute approximate surface area is 105 Å². The van der Waals surface area contributed by atoms with E-state index in [0.29, 0.717) is 17.8 Å². The molecule has 4 nitrogen and oxygen atoms in total. The van der Waals surface area contributed by atoms with Gasteiger partial charge < -0.3 is 14.6 Å². The number of amides is 1. The van der Waals surface area contributed by atoms with E-state index >= 15 is 0 Å². The quantitative estimate of drug-likeness (QED) is 0.833. The fraction of sp³-hybridized carbons (Fsp3) is 0.583. The van der Waals surface area contributed by atoms with E-state index in [0.717, 1.165) is 25.9 Å². The molecule has 17 heavy (non-hydrogen) atoms. The molecule has 2 unspecified atom stereocenters. The molecule has 2 bridgehead atoms. The van der Waals surface area contributed by atoms with E-state index in [4.69, 9.17) is 16.0 Å². The Bertz CT molecular complexity index is 432. The predicted octanol–water partition coefficient (Wildman–Crippen LogP) is 1.90. The zero-order valence-corrected chi connectivity index (χ0v) is 10.2. The number of hydrogen-bond donors (Lipinski definition) is 1. The molecule has 1 N–H and O–H groups in total. The van der Waals surface area contributed by atoms with Crippen LogP contribution in [0.2, 0.25) is 5.22 Å². The monoisotopic (exact) mass is 254 g/mol. The molecule has 2 saturated heterocycles. The maximum atomic E-state index is 12.2. The van der Waals surface area contributed by atoms with Crippen LogP contribution in [0.15, 0.2) is 16.5 Å². The van der Waals surface area contributed by atoms with Gasteiger partial charge in [-0.1, -0.05) is 0 Å². The third kappa shape index (κ3) is 2.19. The average molecular weight is 255 g/mol. The number of furan rings is 1. The predicted molar refractivity (Wildman–Crippen MR) is 64.2 cm³/mol. The summed E-state index contributed by atoms with van der Waals surface area (Å²) in [5, 5.41) is 3.81. The molecule has 2 fully saturated rings. The summed E-state index contributed by atoms with van der Waals surface area (Å²) in [6.07, 6.45) is 3.42. The van der Waals surface area contributed by atoms with E-state index < -0.39 is 0 Å². The summed E-state index contributed by atoms with van der Waals surface area (Å²) in [4.78, 5) is 14.1. The molecule has 3 rings (SSSR count). The molecule has 1 aromatic rings. The Morgan fingerprint density at radius 1 is 1.35 bits per heavy atom. The minimum absolute atomic E-state index is 0.0498. The van der Waals surface area contributed by atoms with Crippen molar-refractivity contribution in [1.29, 1.82) is 0 Å². The van der Waals surface area contributed by atoms with E-state index in [1.54, 1.807) is 12.1 Å². The summed E-state index contributed by atoms with van der Waals surface area (Å²) in [5.41, 5.74) is 0. The highest BCUT2D eigenvalue weighted by molar-refractivity contribution is 6.29. The number of nitrogens with zero attached hydrogens (tertiary/aromatic N) is 1. The van der Waals surface area contributed by atoms with Crippen LogP contribution in [0.1, 0.15) is 29.8 Å². The second-order valence-electron chi connectivity index (χ2n) is 4.78. The minimum atomic E-state index is -0.0498. The van der Waals surface area contributed by atoms with Crippen LogP contribution < -0.4 is 5.32 Å². The van der Waals surface area contributed by atoms with Crippen molar-refractivity contribution in [1.82, 2.24) is 10.2 Å². The van der Waals surface area contributed by atoms with Crippen LogP contribution >= 0.6 is 11.6 Å². The van der Waals surface area contributed by atoms with Crippen molar-refractivity contribution < 1.29 is 9.21 Å². The molecular weight excluding hydrogens is 240 g/mol. The van der Waals surface area contributed by atoms with E-state index in [9.17, 15) is 4.79 Å². The van der Waals surface area contributed by atoms with Crippen molar-refractivity contribution in [3.8, 4) is 0 Å². The molecule has 3 heterocycles. The summed E-state index contributed by atoms with van der Waals surface area (Å²) in [6, 6.07) is 4.27. The number of likely N-dealkylation sites (tertiary alicyclic amines) is 1. The Kier molecular flexibility index (Phi) is 2.84. The van der Waals surface area contributed by atoms with Crippen LogP contribution in [0.25, 0.3) is 0 Å². The first-order chi connectivity index (χ1) is 8.22. The number of halogens is 1. The Morgan fingerprint density at radius 2 is 2.18 bits per heavy atom. The topological polar surface area (TPSA) is 45.5 Å². The van der Waals surface area contributed by atoms with Crippen molar-refractivity contribution in [2.45, 2.75) is 31.3 Å². The first-order valence-electron chi connectivity index (χ1n) is 6.03. The summed E-state index contributed by atoms with van der Waals surface area (Å²) >= 11 is 5.69. The molecule has 2 aliphatic heterocycles. The molecule has 0 aliphatic carbocycles. The number of carbonyl (C=O) groups excluding carboxylic acids is 1. The Hall–Kier alpha value is -1.00. The Balaban J connectivity index is 1.73. The van der Waals surface area contributed by atoms with Crippen LogP contribution in [-0.4, -0.2) is 36.0 Å². The zero-order valence-electron chi connectivity index (χ0n) is 9.49. The number of fused-ring (bicyclic) bond motifs is 2. The van der Waals surface area contributed by atoms with Gasteiger partial charge in [-0.3, -0.25) is 4.79 Å². The lowest BCUT2D eigenvalue weighted by atomic mass is 10.1. The number of nitrogens with one attached hydrogen (secondary N) is 1. The van der Waals surface area contributed by atoms with Gasteiger partial charge in [0.05, 0.1) is 0 Å². The zero-order chi connectivity index (χ0) is 11.8. The van der Waals surface area contributed by atoms with Gasteiger partial charge in [-0.2, -0.15) is 0 Å². The van der Waals surface area contributed by atoms with Crippen LogP contribution in [-0.2, 0) is 0 Å². The average Bonchev–Trinajstić information content (AvgIpc) is 2.84. The second-order valence-corrected chi connectivity index (χ2v) is 5.15. The lowest BCUT2D eigenvalue weighted by Gasteiger charge is -2.23. The Morgan fingerprint density at radius 3 is 2.94 bits per heavy atom. The maximum Gasteiger partial charge on any atom is 0.289 e. The van der Waals surface area contributed by atoms with Crippen LogP contribution in [0.5, 0.6) is 0 Å². The van der Waals surface area contributed by atoms with Gasteiger partial charge in [0, 0.05) is 25.2 Å². The highest BCUT2D eigenvalue weighted by atomic mass is 35.5. The fourth-order valence-electron chi connectivity index (χ4n) is 2.71. The van der Waals surface area contributed by atoms with Crippen molar-refractivity contribution in [2.75, 3.05) is 13.1 Å². The van der Waals surface area contributed by atoms with Crippen LogP contribution in [0.3, 0.4) is 0 Å². The summed E-state index contributed by atoms with van der Waals surface area (Å²) < 4.78 is 5.17. The van der Waals surface area contributed by atoms with Gasteiger partial charge in [0.15, 0.2) is 11.0 Å². The van der Waals surface area contributed by atoms with E-state index in [2.05, 4.69) is 5.32 Å². The third-order valence-electron chi connectivity index (χ3n) is 3.59. The fourth-order valence-corrected chi connectivity index (χ4v) is 2.86. The highest BCUT2D eigenvalue weighted by Crippen LogP contribution is 2.22. The van der Waals surface area contributed by atoms with Gasteiger partial charge in [-0.25, -0.2) is 0 Å². The van der Waals surface area contributed by atoms with Gasteiger partial charge in [-0.15, -0.1) is 0 Å². The molecule has 5 heteroatoms.